The van der Waals surface area contributed by atoms with Crippen LogP contribution in [0.4, 0.5) is 5.69 Å². The molecule has 20 heavy (non-hydrogen) atoms. The SMILES string of the molecule is O=C(O)C1CN(C(=O)c2ccco2)c2ccccc2O1. The highest BCUT2D eigenvalue weighted by Gasteiger charge is 2.34. The first-order valence-corrected chi connectivity index (χ1v) is 6.00. The van der Waals surface area contributed by atoms with E-state index in [0.717, 1.165) is 0 Å². The maximum absolute atomic E-state index is 12.4. The van der Waals surface area contributed by atoms with Crippen molar-refractivity contribution in [3.05, 3.63) is 48.4 Å². The fourth-order valence-corrected chi connectivity index (χ4v) is 2.09. The molecule has 1 atom stereocenters. The van der Waals surface area contributed by atoms with Gasteiger partial charge in [-0.1, -0.05) is 12.1 Å². The number of hydrogen-bond donors (Lipinski definition) is 1. The molecule has 3 rings (SSSR count). The number of benzene rings is 1. The van der Waals surface area contributed by atoms with Crippen LogP contribution in [-0.4, -0.2) is 29.6 Å². The van der Waals surface area contributed by atoms with Crippen molar-refractivity contribution in [3.63, 3.8) is 0 Å². The van der Waals surface area contributed by atoms with E-state index in [1.165, 1.54) is 17.2 Å². The zero-order chi connectivity index (χ0) is 14.1. The number of nitrogens with zero attached hydrogens (tertiary/aromatic N) is 1. The number of aliphatic carboxylic acids is 1. The van der Waals surface area contributed by atoms with Crippen LogP contribution in [0.25, 0.3) is 0 Å². The lowest BCUT2D eigenvalue weighted by Gasteiger charge is -2.32. The summed E-state index contributed by atoms with van der Waals surface area (Å²) >= 11 is 0. The second-order valence-corrected chi connectivity index (χ2v) is 4.31. The summed E-state index contributed by atoms with van der Waals surface area (Å²) in [4.78, 5) is 24.9. The van der Waals surface area contributed by atoms with Gasteiger partial charge < -0.3 is 14.3 Å². The molecule has 1 aliphatic rings. The Morgan fingerprint density at radius 1 is 1.20 bits per heavy atom. The van der Waals surface area contributed by atoms with Crippen molar-refractivity contribution in [2.45, 2.75) is 6.10 Å². The lowest BCUT2D eigenvalue weighted by molar-refractivity contribution is -0.144. The minimum absolute atomic E-state index is 0.0636. The van der Waals surface area contributed by atoms with Gasteiger partial charge in [0, 0.05) is 0 Å². The first kappa shape index (κ1) is 12.3. The highest BCUT2D eigenvalue weighted by atomic mass is 16.5. The van der Waals surface area contributed by atoms with E-state index in [-0.39, 0.29) is 12.3 Å². The Kier molecular flexibility index (Phi) is 2.90. The summed E-state index contributed by atoms with van der Waals surface area (Å²) in [5.41, 5.74) is 0.534. The number of ether oxygens (including phenoxy) is 1. The predicted octanol–water partition coefficient (Wildman–Crippen LogP) is 1.77. The van der Waals surface area contributed by atoms with Crippen LogP contribution in [0, 0.1) is 0 Å². The van der Waals surface area contributed by atoms with Crippen molar-refractivity contribution in [1.82, 2.24) is 0 Å². The van der Waals surface area contributed by atoms with Crippen molar-refractivity contribution in [3.8, 4) is 5.75 Å². The number of carboxylic acids is 1. The van der Waals surface area contributed by atoms with E-state index in [4.69, 9.17) is 14.3 Å². The van der Waals surface area contributed by atoms with E-state index in [9.17, 15) is 9.59 Å². The van der Waals surface area contributed by atoms with Gasteiger partial charge in [-0.05, 0) is 24.3 Å². The normalized spacial score (nSPS) is 17.2. The molecule has 0 saturated carbocycles. The number of hydrogen-bond acceptors (Lipinski definition) is 4. The highest BCUT2D eigenvalue weighted by molar-refractivity contribution is 6.06. The molecule has 0 fully saturated rings. The molecular weight excluding hydrogens is 262 g/mol. The van der Waals surface area contributed by atoms with Gasteiger partial charge in [0.2, 0.25) is 6.10 Å². The molecule has 0 radical (unpaired) electrons. The second-order valence-electron chi connectivity index (χ2n) is 4.31. The van der Waals surface area contributed by atoms with Gasteiger partial charge in [0.15, 0.2) is 5.76 Å². The van der Waals surface area contributed by atoms with Crippen LogP contribution in [0.2, 0.25) is 0 Å². The molecule has 6 nitrogen and oxygen atoms in total. The lowest BCUT2D eigenvalue weighted by atomic mass is 10.1. The van der Waals surface area contributed by atoms with Crippen molar-refractivity contribution in [1.29, 1.82) is 0 Å². The molecule has 102 valence electrons. The molecule has 2 heterocycles. The van der Waals surface area contributed by atoms with E-state index >= 15 is 0 Å². The molecular formula is C14H11NO5. The minimum Gasteiger partial charge on any atom is -0.478 e. The fourth-order valence-electron chi connectivity index (χ4n) is 2.09. The molecule has 0 aliphatic carbocycles. The summed E-state index contributed by atoms with van der Waals surface area (Å²) in [7, 11) is 0. The molecule has 2 aromatic rings. The lowest BCUT2D eigenvalue weighted by Crippen LogP contribution is -2.47. The third-order valence-electron chi connectivity index (χ3n) is 3.03. The number of carbonyl (C=O) groups is 2. The predicted molar refractivity (Wildman–Crippen MR) is 68.9 cm³/mol. The summed E-state index contributed by atoms with van der Waals surface area (Å²) < 4.78 is 10.4. The van der Waals surface area contributed by atoms with Crippen LogP contribution in [0.15, 0.2) is 47.1 Å². The van der Waals surface area contributed by atoms with E-state index in [2.05, 4.69) is 0 Å². The number of furan rings is 1. The second kappa shape index (κ2) is 4.73. The van der Waals surface area contributed by atoms with E-state index < -0.39 is 18.0 Å². The molecule has 1 N–H and O–H groups in total. The summed E-state index contributed by atoms with van der Waals surface area (Å²) in [6.45, 7) is -0.0636. The van der Waals surface area contributed by atoms with E-state index in [1.54, 1.807) is 30.3 Å². The van der Waals surface area contributed by atoms with Crippen LogP contribution in [0.5, 0.6) is 5.75 Å². The summed E-state index contributed by atoms with van der Waals surface area (Å²) in [5, 5.41) is 9.11. The number of anilines is 1. The summed E-state index contributed by atoms with van der Waals surface area (Å²) in [6, 6.07) is 9.95. The Bertz CT molecular complexity index is 649. The van der Waals surface area contributed by atoms with Crippen molar-refractivity contribution in [2.24, 2.45) is 0 Å². The van der Waals surface area contributed by atoms with Crippen LogP contribution in [0.3, 0.4) is 0 Å². The topological polar surface area (TPSA) is 80.0 Å². The zero-order valence-corrected chi connectivity index (χ0v) is 10.4. The first-order chi connectivity index (χ1) is 9.66. The Morgan fingerprint density at radius 3 is 2.70 bits per heavy atom. The van der Waals surface area contributed by atoms with Gasteiger partial charge in [-0.3, -0.25) is 9.69 Å². The number of carboxylic acid groups (broad SMARTS) is 1. The Balaban J connectivity index is 2.01. The molecule has 6 heteroatoms. The van der Waals surface area contributed by atoms with Crippen molar-refractivity contribution >= 4 is 17.6 Å². The Labute approximate surface area is 114 Å². The van der Waals surface area contributed by atoms with E-state index in [0.29, 0.717) is 11.4 Å². The Morgan fingerprint density at radius 2 is 2.00 bits per heavy atom. The summed E-state index contributed by atoms with van der Waals surface area (Å²) in [5.74, 6) is -0.981. The van der Waals surface area contributed by atoms with Gasteiger partial charge in [-0.15, -0.1) is 0 Å². The van der Waals surface area contributed by atoms with Gasteiger partial charge >= 0.3 is 5.97 Å². The minimum atomic E-state index is -1.11. The van der Waals surface area contributed by atoms with Crippen LogP contribution >= 0.6 is 0 Å². The first-order valence-electron chi connectivity index (χ1n) is 6.00. The molecule has 1 amide bonds. The van der Waals surface area contributed by atoms with Gasteiger partial charge in [0.25, 0.3) is 5.91 Å². The standard InChI is InChI=1S/C14H11NO5/c16-13(11-6-3-7-19-11)15-8-12(14(17)18)20-10-5-2-1-4-9(10)15/h1-7,12H,8H2,(H,17,18). The number of para-hydroxylation sites is 2. The maximum Gasteiger partial charge on any atom is 0.346 e. The van der Waals surface area contributed by atoms with Crippen molar-refractivity contribution < 1.29 is 23.8 Å². The van der Waals surface area contributed by atoms with Gasteiger partial charge in [0.1, 0.15) is 5.75 Å². The number of rotatable bonds is 2. The molecule has 0 spiro atoms. The van der Waals surface area contributed by atoms with Gasteiger partial charge in [0.05, 0.1) is 18.5 Å². The number of amides is 1. The number of carbonyl (C=O) groups excluding carboxylic acids is 1. The van der Waals surface area contributed by atoms with Crippen molar-refractivity contribution in [2.75, 3.05) is 11.4 Å². The third kappa shape index (κ3) is 2.01. The van der Waals surface area contributed by atoms with E-state index in [1.807, 2.05) is 0 Å². The average Bonchev–Trinajstić information content (AvgIpc) is 2.99. The average molecular weight is 273 g/mol. The molecule has 1 aromatic heterocycles. The third-order valence-corrected chi connectivity index (χ3v) is 3.03. The molecule has 1 aliphatic heterocycles. The molecule has 0 bridgehead atoms. The molecule has 1 aromatic carbocycles. The maximum atomic E-state index is 12.4. The van der Waals surface area contributed by atoms with Gasteiger partial charge in [-0.25, -0.2) is 4.79 Å². The van der Waals surface area contributed by atoms with Crippen LogP contribution in [-0.2, 0) is 4.79 Å². The van der Waals surface area contributed by atoms with Gasteiger partial charge in [-0.2, -0.15) is 0 Å². The molecule has 1 unspecified atom stereocenters. The summed E-state index contributed by atoms with van der Waals surface area (Å²) in [6.07, 6.45) is 0.303. The monoisotopic (exact) mass is 273 g/mol. The van der Waals surface area contributed by atoms with Crippen LogP contribution < -0.4 is 9.64 Å². The highest BCUT2D eigenvalue weighted by Crippen LogP contribution is 2.34. The fraction of sp³-hybridized carbons (Fsp3) is 0.143. The number of fused-ring (bicyclic) bond motifs is 1. The smallest absolute Gasteiger partial charge is 0.346 e. The quantitative estimate of drug-likeness (QED) is 0.902. The Hall–Kier alpha value is -2.76. The zero-order valence-electron chi connectivity index (χ0n) is 10.4. The largest absolute Gasteiger partial charge is 0.478 e. The van der Waals surface area contributed by atoms with Crippen LogP contribution in [0.1, 0.15) is 10.6 Å². The molecule has 0 saturated heterocycles.